The molecule has 4 aromatic carbocycles. The fourth-order valence-electron chi connectivity index (χ4n) is 3.60. The van der Waals surface area contributed by atoms with E-state index in [9.17, 15) is 10.2 Å². The van der Waals surface area contributed by atoms with Gasteiger partial charge >= 0.3 is 0 Å². The van der Waals surface area contributed by atoms with E-state index in [4.69, 9.17) is 12.2 Å². The van der Waals surface area contributed by atoms with E-state index >= 15 is 0 Å². The lowest BCUT2D eigenvalue weighted by Gasteiger charge is -2.16. The lowest BCUT2D eigenvalue weighted by molar-refractivity contribution is 0.248. The van der Waals surface area contributed by atoms with Crippen molar-refractivity contribution in [2.45, 2.75) is 12.2 Å². The van der Waals surface area contributed by atoms with Gasteiger partial charge in [-0.3, -0.25) is 0 Å². The zero-order valence-corrected chi connectivity index (χ0v) is 19.2. The highest BCUT2D eigenvalue weighted by molar-refractivity contribution is 7.80. The molecule has 0 bridgehead atoms. The molecule has 0 fully saturated rings. The second-order valence-electron chi connectivity index (χ2n) is 7.64. The standard InChI is InChI=1S/C29H24N2O2S/c32-27(23-17-9-3-10-18-23)25(21-13-5-1-6-14-21)30-29(34)31-26(22-15-7-2-8-16-22)28(33)24-19-11-4-12-20-24/h1-20,27-28,32-33H/b30-25+,31-26?. The summed E-state index contributed by atoms with van der Waals surface area (Å²) < 4.78 is 0. The maximum absolute atomic E-state index is 11.1. The second kappa shape index (κ2) is 11.4. The number of rotatable bonds is 6. The molecule has 4 rings (SSSR count). The SMILES string of the molecule is OC(C(=NC(=S)/N=C(\c1ccccc1)C(O)c1ccccc1)c1ccccc1)c1ccccc1. The average molecular weight is 465 g/mol. The Morgan fingerprint density at radius 3 is 1.12 bits per heavy atom. The normalized spacial score (nSPS) is 13.8. The third-order valence-corrected chi connectivity index (χ3v) is 5.50. The van der Waals surface area contributed by atoms with E-state index in [1.165, 1.54) is 0 Å². The van der Waals surface area contributed by atoms with E-state index in [-0.39, 0.29) is 5.11 Å². The number of nitrogens with zero attached hydrogens (tertiary/aromatic N) is 2. The number of hydrogen-bond acceptors (Lipinski definition) is 3. The predicted molar refractivity (Wildman–Crippen MR) is 141 cm³/mol. The van der Waals surface area contributed by atoms with Crippen LogP contribution in [0.15, 0.2) is 131 Å². The molecule has 0 aliphatic rings. The van der Waals surface area contributed by atoms with E-state index in [2.05, 4.69) is 9.98 Å². The maximum atomic E-state index is 11.1. The van der Waals surface area contributed by atoms with E-state index in [0.717, 1.165) is 11.1 Å². The van der Waals surface area contributed by atoms with Crippen molar-refractivity contribution in [2.24, 2.45) is 9.98 Å². The zero-order chi connectivity index (χ0) is 23.8. The lowest BCUT2D eigenvalue weighted by atomic mass is 9.99. The van der Waals surface area contributed by atoms with E-state index in [1.807, 2.05) is 121 Å². The molecule has 0 amide bonds. The Labute approximate surface area is 204 Å². The molecule has 0 radical (unpaired) electrons. The summed E-state index contributed by atoms with van der Waals surface area (Å²) in [5, 5.41) is 22.3. The Hall–Kier alpha value is -3.77. The molecule has 5 heteroatoms. The fraction of sp³-hybridized carbons (Fsp3) is 0.0690. The van der Waals surface area contributed by atoms with Crippen LogP contribution in [0.5, 0.6) is 0 Å². The van der Waals surface area contributed by atoms with Gasteiger partial charge in [-0.2, -0.15) is 0 Å². The maximum Gasteiger partial charge on any atom is 0.219 e. The molecule has 2 atom stereocenters. The van der Waals surface area contributed by atoms with Crippen molar-refractivity contribution in [3.8, 4) is 0 Å². The summed E-state index contributed by atoms with van der Waals surface area (Å²) in [6, 6.07) is 37.4. The summed E-state index contributed by atoms with van der Waals surface area (Å²) >= 11 is 5.55. The second-order valence-corrected chi connectivity index (χ2v) is 8.00. The van der Waals surface area contributed by atoms with Crippen molar-refractivity contribution >= 4 is 28.8 Å². The molecular formula is C29H24N2O2S. The van der Waals surface area contributed by atoms with Crippen LogP contribution < -0.4 is 0 Å². The first-order chi connectivity index (χ1) is 16.6. The minimum atomic E-state index is -0.990. The van der Waals surface area contributed by atoms with Crippen LogP contribution in [0.4, 0.5) is 0 Å². The molecule has 2 N–H and O–H groups in total. The van der Waals surface area contributed by atoms with Gasteiger partial charge in [0, 0.05) is 0 Å². The number of thiocarbonyl (C=S) groups is 1. The van der Waals surface area contributed by atoms with Crippen molar-refractivity contribution in [2.75, 3.05) is 0 Å². The van der Waals surface area contributed by atoms with E-state index < -0.39 is 12.2 Å². The Morgan fingerprint density at radius 2 is 0.794 bits per heavy atom. The van der Waals surface area contributed by atoms with Crippen LogP contribution in [0.2, 0.25) is 0 Å². The summed E-state index contributed by atoms with van der Waals surface area (Å²) in [4.78, 5) is 9.13. The van der Waals surface area contributed by atoms with Crippen molar-refractivity contribution in [3.05, 3.63) is 144 Å². The smallest absolute Gasteiger partial charge is 0.219 e. The number of benzene rings is 4. The number of aliphatic hydroxyl groups is 2. The highest BCUT2D eigenvalue weighted by Gasteiger charge is 2.20. The topological polar surface area (TPSA) is 65.2 Å². The molecule has 0 aliphatic carbocycles. The van der Waals surface area contributed by atoms with E-state index in [1.54, 1.807) is 0 Å². The molecule has 2 unspecified atom stereocenters. The van der Waals surface area contributed by atoms with Crippen LogP contribution >= 0.6 is 12.2 Å². The highest BCUT2D eigenvalue weighted by atomic mass is 32.1. The fourth-order valence-corrected chi connectivity index (χ4v) is 3.80. The molecule has 168 valence electrons. The molecule has 0 saturated carbocycles. The van der Waals surface area contributed by atoms with Gasteiger partial charge in [0.05, 0.1) is 11.4 Å². The summed E-state index contributed by atoms with van der Waals surface area (Å²) in [6.45, 7) is 0. The van der Waals surface area contributed by atoms with Gasteiger partial charge < -0.3 is 10.2 Å². The van der Waals surface area contributed by atoms with Crippen LogP contribution in [0.25, 0.3) is 0 Å². The average Bonchev–Trinajstić information content (AvgIpc) is 2.91. The largest absolute Gasteiger partial charge is 0.382 e. The number of hydrogen-bond donors (Lipinski definition) is 2. The molecule has 34 heavy (non-hydrogen) atoms. The molecule has 0 saturated heterocycles. The molecule has 0 aliphatic heterocycles. The van der Waals surface area contributed by atoms with Crippen LogP contribution in [-0.4, -0.2) is 26.7 Å². The summed E-state index contributed by atoms with van der Waals surface area (Å²) in [6.07, 6.45) is -1.98. The first-order valence-corrected chi connectivity index (χ1v) is 11.3. The van der Waals surface area contributed by atoms with Crippen LogP contribution in [0, 0.1) is 0 Å². The Bertz CT molecular complexity index is 1170. The Balaban J connectivity index is 1.77. The monoisotopic (exact) mass is 464 g/mol. The minimum Gasteiger partial charge on any atom is -0.382 e. The van der Waals surface area contributed by atoms with Gasteiger partial charge in [0.15, 0.2) is 0 Å². The van der Waals surface area contributed by atoms with Crippen molar-refractivity contribution in [1.29, 1.82) is 0 Å². The molecule has 0 spiro atoms. The quantitative estimate of drug-likeness (QED) is 0.283. The molecule has 4 aromatic rings. The molecular weight excluding hydrogens is 440 g/mol. The van der Waals surface area contributed by atoms with E-state index in [0.29, 0.717) is 22.6 Å². The van der Waals surface area contributed by atoms with Crippen LogP contribution in [0.3, 0.4) is 0 Å². The van der Waals surface area contributed by atoms with Crippen LogP contribution in [0.1, 0.15) is 34.5 Å². The van der Waals surface area contributed by atoms with Crippen molar-refractivity contribution in [3.63, 3.8) is 0 Å². The van der Waals surface area contributed by atoms with Gasteiger partial charge in [-0.1, -0.05) is 121 Å². The van der Waals surface area contributed by atoms with Gasteiger partial charge in [-0.15, -0.1) is 0 Å². The highest BCUT2D eigenvalue weighted by Crippen LogP contribution is 2.22. The van der Waals surface area contributed by atoms with Gasteiger partial charge in [-0.25, -0.2) is 9.98 Å². The zero-order valence-electron chi connectivity index (χ0n) is 18.4. The molecule has 0 aromatic heterocycles. The third-order valence-electron chi connectivity index (χ3n) is 5.32. The van der Waals surface area contributed by atoms with Crippen molar-refractivity contribution in [1.82, 2.24) is 0 Å². The molecule has 0 heterocycles. The van der Waals surface area contributed by atoms with Gasteiger partial charge in [-0.05, 0) is 34.5 Å². The lowest BCUT2D eigenvalue weighted by Crippen LogP contribution is -2.18. The Kier molecular flexibility index (Phi) is 7.83. The number of aliphatic hydroxyl groups excluding tert-OH is 2. The number of aliphatic imine (C=N–C) groups is 2. The van der Waals surface area contributed by atoms with Crippen LogP contribution in [-0.2, 0) is 0 Å². The minimum absolute atomic E-state index is 0.0164. The molecule has 4 nitrogen and oxygen atoms in total. The third kappa shape index (κ3) is 5.77. The van der Waals surface area contributed by atoms with Gasteiger partial charge in [0.1, 0.15) is 12.2 Å². The summed E-state index contributed by atoms with van der Waals surface area (Å²) in [5.41, 5.74) is 3.65. The van der Waals surface area contributed by atoms with Gasteiger partial charge in [0.2, 0.25) is 5.11 Å². The predicted octanol–water partition coefficient (Wildman–Crippen LogP) is 5.72. The first-order valence-electron chi connectivity index (χ1n) is 10.9. The van der Waals surface area contributed by atoms with Crippen molar-refractivity contribution < 1.29 is 10.2 Å². The van der Waals surface area contributed by atoms with Gasteiger partial charge in [0.25, 0.3) is 0 Å². The first kappa shape index (κ1) is 23.4. The summed E-state index contributed by atoms with van der Waals surface area (Å²) in [5.74, 6) is 0. The Morgan fingerprint density at radius 1 is 0.500 bits per heavy atom. The summed E-state index contributed by atoms with van der Waals surface area (Å²) in [7, 11) is 0.